The van der Waals surface area contributed by atoms with Gasteiger partial charge < -0.3 is 10.1 Å². The van der Waals surface area contributed by atoms with Gasteiger partial charge in [0.05, 0.1) is 20.5 Å². The van der Waals surface area contributed by atoms with E-state index in [1.165, 1.54) is 49.5 Å². The SMILES string of the molecule is CC(OC(=O)c1cccc(S(=O)(=O)Nc2ccc(F)cc2)c1)C(=O)Nc1ncc(Cl)cc1Cl. The molecule has 2 N–H and O–H groups in total. The first-order valence-corrected chi connectivity index (χ1v) is 11.5. The number of pyridine rings is 1. The van der Waals surface area contributed by atoms with Crippen LogP contribution in [-0.4, -0.2) is 31.4 Å². The molecule has 0 saturated heterocycles. The predicted molar refractivity (Wildman–Crippen MR) is 121 cm³/mol. The van der Waals surface area contributed by atoms with Crippen molar-refractivity contribution < 1.29 is 27.1 Å². The third-order valence-corrected chi connectivity index (χ3v) is 6.05. The second kappa shape index (κ2) is 10.2. The van der Waals surface area contributed by atoms with Crippen molar-refractivity contribution in [3.63, 3.8) is 0 Å². The van der Waals surface area contributed by atoms with Crippen molar-refractivity contribution in [1.82, 2.24) is 4.98 Å². The number of nitrogens with one attached hydrogen (secondary N) is 2. The summed E-state index contributed by atoms with van der Waals surface area (Å²) in [6.07, 6.45) is 0.0367. The van der Waals surface area contributed by atoms with Crippen molar-refractivity contribution in [1.29, 1.82) is 0 Å². The molecule has 1 amide bonds. The first-order chi connectivity index (χ1) is 15.5. The monoisotopic (exact) mass is 511 g/mol. The summed E-state index contributed by atoms with van der Waals surface area (Å²) in [5, 5.41) is 2.79. The van der Waals surface area contributed by atoms with Gasteiger partial charge in [0.25, 0.3) is 15.9 Å². The van der Waals surface area contributed by atoms with Crippen LogP contribution in [0, 0.1) is 5.82 Å². The minimum absolute atomic E-state index is 0.0360. The Kier molecular flexibility index (Phi) is 7.52. The van der Waals surface area contributed by atoms with Gasteiger partial charge in [-0.1, -0.05) is 29.3 Å². The minimum Gasteiger partial charge on any atom is -0.449 e. The Labute approximate surface area is 198 Å². The second-order valence-corrected chi connectivity index (χ2v) is 9.19. The van der Waals surface area contributed by atoms with Crippen molar-refractivity contribution in [2.24, 2.45) is 0 Å². The van der Waals surface area contributed by atoms with Gasteiger partial charge in [-0.3, -0.25) is 9.52 Å². The largest absolute Gasteiger partial charge is 0.449 e. The van der Waals surface area contributed by atoms with E-state index in [9.17, 15) is 22.4 Å². The Morgan fingerprint density at radius 2 is 1.79 bits per heavy atom. The number of anilines is 2. The van der Waals surface area contributed by atoms with E-state index < -0.39 is 33.8 Å². The number of hydrogen-bond acceptors (Lipinski definition) is 6. The van der Waals surface area contributed by atoms with Gasteiger partial charge in [-0.25, -0.2) is 22.6 Å². The highest BCUT2D eigenvalue weighted by Gasteiger charge is 2.22. The van der Waals surface area contributed by atoms with Gasteiger partial charge in [-0.2, -0.15) is 0 Å². The van der Waals surface area contributed by atoms with Crippen LogP contribution in [0.15, 0.2) is 65.7 Å². The quantitative estimate of drug-likeness (QED) is 0.451. The highest BCUT2D eigenvalue weighted by Crippen LogP contribution is 2.23. The van der Waals surface area contributed by atoms with Crippen LogP contribution < -0.4 is 10.0 Å². The maximum absolute atomic E-state index is 13.0. The Bertz CT molecular complexity index is 1300. The molecular formula is C21H16Cl2FN3O5S. The van der Waals surface area contributed by atoms with Crippen LogP contribution in [0.5, 0.6) is 0 Å². The van der Waals surface area contributed by atoms with Crippen molar-refractivity contribution in [2.75, 3.05) is 10.0 Å². The zero-order valence-electron chi connectivity index (χ0n) is 16.9. The van der Waals surface area contributed by atoms with Crippen molar-refractivity contribution >= 4 is 56.6 Å². The van der Waals surface area contributed by atoms with Crippen LogP contribution in [0.4, 0.5) is 15.9 Å². The molecule has 1 unspecified atom stereocenters. The van der Waals surface area contributed by atoms with Crippen molar-refractivity contribution in [3.8, 4) is 0 Å². The van der Waals surface area contributed by atoms with Crippen molar-refractivity contribution in [2.45, 2.75) is 17.9 Å². The van der Waals surface area contributed by atoms with Crippen LogP contribution in [0.3, 0.4) is 0 Å². The van der Waals surface area contributed by atoms with Crippen molar-refractivity contribution in [3.05, 3.63) is 82.2 Å². The third-order valence-electron chi connectivity index (χ3n) is 4.18. The smallest absolute Gasteiger partial charge is 0.338 e. The van der Waals surface area contributed by atoms with Crippen LogP contribution >= 0.6 is 23.2 Å². The molecule has 1 aromatic heterocycles. The normalized spacial score (nSPS) is 12.0. The van der Waals surface area contributed by atoms with E-state index in [2.05, 4.69) is 15.0 Å². The fourth-order valence-corrected chi connectivity index (χ4v) is 4.06. The number of carbonyl (C=O) groups is 2. The summed E-state index contributed by atoms with van der Waals surface area (Å²) >= 11 is 11.7. The predicted octanol–water partition coefficient (Wildman–Crippen LogP) is 4.51. The molecule has 8 nitrogen and oxygen atoms in total. The number of aromatic nitrogens is 1. The van der Waals surface area contributed by atoms with Crippen LogP contribution in [0.25, 0.3) is 0 Å². The van der Waals surface area contributed by atoms with E-state index in [0.717, 1.165) is 18.2 Å². The maximum Gasteiger partial charge on any atom is 0.338 e. The molecule has 2 aromatic carbocycles. The first-order valence-electron chi connectivity index (χ1n) is 9.26. The van der Waals surface area contributed by atoms with Gasteiger partial charge >= 0.3 is 5.97 Å². The fourth-order valence-electron chi connectivity index (χ4n) is 2.53. The Morgan fingerprint density at radius 1 is 1.09 bits per heavy atom. The van der Waals surface area contributed by atoms with E-state index in [1.807, 2.05) is 0 Å². The zero-order chi connectivity index (χ0) is 24.2. The molecule has 0 fully saturated rings. The molecule has 0 aliphatic rings. The van der Waals surface area contributed by atoms with Crippen LogP contribution in [0.1, 0.15) is 17.3 Å². The lowest BCUT2D eigenvalue weighted by atomic mass is 10.2. The lowest BCUT2D eigenvalue weighted by Gasteiger charge is -2.14. The number of carbonyl (C=O) groups excluding carboxylic acids is 2. The van der Waals surface area contributed by atoms with E-state index in [1.54, 1.807) is 0 Å². The van der Waals surface area contributed by atoms with E-state index in [4.69, 9.17) is 27.9 Å². The maximum atomic E-state index is 13.0. The molecule has 0 aliphatic heterocycles. The molecule has 12 heteroatoms. The summed E-state index contributed by atoms with van der Waals surface area (Å²) in [5.41, 5.74) is 0.0448. The lowest BCUT2D eigenvalue weighted by molar-refractivity contribution is -0.123. The Balaban J connectivity index is 1.69. The minimum atomic E-state index is -4.07. The van der Waals surface area contributed by atoms with Gasteiger partial charge in [0.2, 0.25) is 0 Å². The molecule has 0 bridgehead atoms. The Morgan fingerprint density at radius 3 is 2.45 bits per heavy atom. The molecule has 3 aromatic rings. The number of benzene rings is 2. The van der Waals surface area contributed by atoms with Gasteiger partial charge in [-0.15, -0.1) is 0 Å². The molecule has 0 saturated carbocycles. The average Bonchev–Trinajstić information content (AvgIpc) is 2.77. The number of sulfonamides is 1. The number of rotatable bonds is 7. The zero-order valence-corrected chi connectivity index (χ0v) is 19.2. The summed E-state index contributed by atoms with van der Waals surface area (Å²) in [5.74, 6) is -2.11. The number of ether oxygens (including phenoxy) is 1. The highest BCUT2D eigenvalue weighted by atomic mass is 35.5. The average molecular weight is 512 g/mol. The summed E-state index contributed by atoms with van der Waals surface area (Å²) in [6, 6.07) is 11.1. The summed E-state index contributed by atoms with van der Waals surface area (Å²) in [4.78, 5) is 28.5. The van der Waals surface area contributed by atoms with E-state index in [0.29, 0.717) is 0 Å². The number of nitrogens with zero attached hydrogens (tertiary/aromatic N) is 1. The lowest BCUT2D eigenvalue weighted by Crippen LogP contribution is -2.30. The van der Waals surface area contributed by atoms with E-state index in [-0.39, 0.29) is 32.0 Å². The standard InChI is InChI=1S/C21H16Cl2FN3O5S/c1-12(20(28)26-19-18(23)10-14(22)11-25-19)32-21(29)13-3-2-4-17(9-13)33(30,31)27-16-7-5-15(24)6-8-16/h2-12,27H,1H3,(H,25,26,28). The molecule has 172 valence electrons. The third kappa shape index (κ3) is 6.41. The molecule has 3 rings (SSSR count). The topological polar surface area (TPSA) is 114 Å². The van der Waals surface area contributed by atoms with E-state index >= 15 is 0 Å². The molecule has 33 heavy (non-hydrogen) atoms. The summed E-state index contributed by atoms with van der Waals surface area (Å²) < 4.78 is 45.6. The first kappa shape index (κ1) is 24.4. The molecule has 1 heterocycles. The number of halogens is 3. The van der Waals surface area contributed by atoms with Gasteiger partial charge in [-0.05, 0) is 55.5 Å². The van der Waals surface area contributed by atoms with Crippen LogP contribution in [0.2, 0.25) is 10.0 Å². The fraction of sp³-hybridized carbons (Fsp3) is 0.0952. The number of esters is 1. The summed E-state index contributed by atoms with van der Waals surface area (Å²) in [6.45, 7) is 1.33. The van der Waals surface area contributed by atoms with Gasteiger partial charge in [0.1, 0.15) is 5.82 Å². The number of amides is 1. The molecule has 1 atom stereocenters. The molecular weight excluding hydrogens is 496 g/mol. The van der Waals surface area contributed by atoms with Gasteiger partial charge in [0, 0.05) is 11.9 Å². The van der Waals surface area contributed by atoms with Gasteiger partial charge in [0.15, 0.2) is 11.9 Å². The Hall–Kier alpha value is -3.21. The highest BCUT2D eigenvalue weighted by molar-refractivity contribution is 7.92. The van der Waals surface area contributed by atoms with Crippen LogP contribution in [-0.2, 0) is 19.6 Å². The molecule has 0 radical (unpaired) electrons. The second-order valence-electron chi connectivity index (χ2n) is 6.66. The molecule has 0 spiro atoms. The number of hydrogen-bond donors (Lipinski definition) is 2. The summed E-state index contributed by atoms with van der Waals surface area (Å²) in [7, 11) is -4.07. The molecule has 0 aliphatic carbocycles.